The Hall–Kier alpha value is -0.640. The number of sulfone groups is 1. The SMILES string of the molecule is CC(C)NC1(C#N)CCC(N2CCCS(=O)(=O)CC2)C1. The maximum Gasteiger partial charge on any atom is 0.151 e. The van der Waals surface area contributed by atoms with Gasteiger partial charge in [-0.2, -0.15) is 5.26 Å². The molecule has 2 atom stereocenters. The molecule has 6 heteroatoms. The summed E-state index contributed by atoms with van der Waals surface area (Å²) in [5.41, 5.74) is -0.427. The highest BCUT2D eigenvalue weighted by atomic mass is 32.2. The summed E-state index contributed by atoms with van der Waals surface area (Å²) in [7, 11) is -2.86. The van der Waals surface area contributed by atoms with E-state index in [4.69, 9.17) is 0 Å². The van der Waals surface area contributed by atoms with Crippen LogP contribution in [0, 0.1) is 11.3 Å². The number of nitrogens with one attached hydrogen (secondary N) is 1. The average Bonchev–Trinajstić information content (AvgIpc) is 2.68. The van der Waals surface area contributed by atoms with Crippen LogP contribution in [0.1, 0.15) is 39.5 Å². The summed E-state index contributed by atoms with van der Waals surface area (Å²) in [4.78, 5) is 2.28. The van der Waals surface area contributed by atoms with E-state index in [1.807, 2.05) is 0 Å². The van der Waals surface area contributed by atoms with E-state index in [9.17, 15) is 13.7 Å². The molecule has 1 saturated carbocycles. The molecule has 2 rings (SSSR count). The smallest absolute Gasteiger partial charge is 0.151 e. The zero-order valence-corrected chi connectivity index (χ0v) is 13.2. The van der Waals surface area contributed by atoms with Gasteiger partial charge in [-0.25, -0.2) is 8.42 Å². The van der Waals surface area contributed by atoms with Crippen LogP contribution in [-0.2, 0) is 9.84 Å². The zero-order chi connectivity index (χ0) is 14.8. The Labute approximate surface area is 122 Å². The molecule has 2 unspecified atom stereocenters. The Morgan fingerprint density at radius 1 is 1.35 bits per heavy atom. The summed E-state index contributed by atoms with van der Waals surface area (Å²) < 4.78 is 23.3. The fourth-order valence-corrected chi connectivity index (χ4v) is 4.76. The Morgan fingerprint density at radius 2 is 2.10 bits per heavy atom. The lowest BCUT2D eigenvalue weighted by molar-refractivity contribution is 0.205. The maximum atomic E-state index is 11.7. The van der Waals surface area contributed by atoms with Crippen molar-refractivity contribution in [2.24, 2.45) is 0 Å². The average molecular weight is 299 g/mol. The highest BCUT2D eigenvalue weighted by Crippen LogP contribution is 2.33. The van der Waals surface area contributed by atoms with E-state index >= 15 is 0 Å². The third kappa shape index (κ3) is 3.72. The molecule has 0 bridgehead atoms. The fraction of sp³-hybridized carbons (Fsp3) is 0.929. The van der Waals surface area contributed by atoms with Crippen molar-refractivity contribution < 1.29 is 8.42 Å². The van der Waals surface area contributed by atoms with Crippen molar-refractivity contribution in [1.29, 1.82) is 5.26 Å². The van der Waals surface area contributed by atoms with Gasteiger partial charge in [-0.1, -0.05) is 0 Å². The van der Waals surface area contributed by atoms with Gasteiger partial charge in [0.2, 0.25) is 0 Å². The number of rotatable bonds is 3. The fourth-order valence-electron chi connectivity index (χ4n) is 3.47. The van der Waals surface area contributed by atoms with Gasteiger partial charge in [0, 0.05) is 18.6 Å². The number of nitrogens with zero attached hydrogens (tertiary/aromatic N) is 2. The molecule has 0 radical (unpaired) electrons. The molecule has 114 valence electrons. The number of hydrogen-bond acceptors (Lipinski definition) is 5. The second kappa shape index (κ2) is 6.00. The lowest BCUT2D eigenvalue weighted by Crippen LogP contribution is -2.47. The summed E-state index contributed by atoms with van der Waals surface area (Å²) in [5.74, 6) is 0.574. The molecule has 0 spiro atoms. The predicted octanol–water partition coefficient (Wildman–Crippen LogP) is 0.920. The second-order valence-electron chi connectivity index (χ2n) is 6.43. The van der Waals surface area contributed by atoms with E-state index in [-0.39, 0.29) is 11.8 Å². The highest BCUT2D eigenvalue weighted by Gasteiger charge is 2.42. The van der Waals surface area contributed by atoms with Crippen LogP contribution in [0.5, 0.6) is 0 Å². The quantitative estimate of drug-likeness (QED) is 0.839. The first kappa shape index (κ1) is 15.7. The van der Waals surface area contributed by atoms with Crippen LogP contribution in [0.25, 0.3) is 0 Å². The van der Waals surface area contributed by atoms with Gasteiger partial charge in [-0.15, -0.1) is 0 Å². The first-order valence-corrected chi connectivity index (χ1v) is 9.31. The van der Waals surface area contributed by atoms with E-state index in [1.54, 1.807) is 0 Å². The van der Waals surface area contributed by atoms with E-state index < -0.39 is 15.4 Å². The summed E-state index contributed by atoms with van der Waals surface area (Å²) in [5, 5.41) is 12.9. The molecule has 0 aromatic carbocycles. The lowest BCUT2D eigenvalue weighted by atomic mass is 9.98. The van der Waals surface area contributed by atoms with Gasteiger partial charge >= 0.3 is 0 Å². The molecule has 2 aliphatic rings. The van der Waals surface area contributed by atoms with Gasteiger partial charge < -0.3 is 0 Å². The Bertz CT molecular complexity index is 483. The van der Waals surface area contributed by atoms with Crippen molar-refractivity contribution >= 4 is 9.84 Å². The van der Waals surface area contributed by atoms with Crippen LogP contribution in [0.4, 0.5) is 0 Å². The molecular formula is C14H25N3O2S. The molecule has 2 fully saturated rings. The van der Waals surface area contributed by atoms with Crippen LogP contribution in [-0.4, -0.2) is 55.5 Å². The second-order valence-corrected chi connectivity index (χ2v) is 8.73. The number of nitriles is 1. The Balaban J connectivity index is 2.00. The summed E-state index contributed by atoms with van der Waals surface area (Å²) in [6, 6.07) is 3.09. The Morgan fingerprint density at radius 3 is 2.75 bits per heavy atom. The summed E-state index contributed by atoms with van der Waals surface area (Å²) in [6.07, 6.45) is 3.36. The minimum Gasteiger partial charge on any atom is -0.299 e. The Kier molecular flexibility index (Phi) is 4.73. The van der Waals surface area contributed by atoms with Crippen molar-refractivity contribution in [2.45, 2.75) is 57.2 Å². The summed E-state index contributed by atoms with van der Waals surface area (Å²) in [6.45, 7) is 5.58. The molecule has 1 aliphatic heterocycles. The van der Waals surface area contributed by atoms with Crippen molar-refractivity contribution in [3.8, 4) is 6.07 Å². The molecule has 20 heavy (non-hydrogen) atoms. The summed E-state index contributed by atoms with van der Waals surface area (Å²) >= 11 is 0. The van der Waals surface area contributed by atoms with Crippen molar-refractivity contribution in [2.75, 3.05) is 24.6 Å². The van der Waals surface area contributed by atoms with Gasteiger partial charge in [0.15, 0.2) is 9.84 Å². The molecule has 0 aromatic heterocycles. The van der Waals surface area contributed by atoms with Gasteiger partial charge in [0.25, 0.3) is 0 Å². The van der Waals surface area contributed by atoms with Crippen molar-refractivity contribution in [3.05, 3.63) is 0 Å². The van der Waals surface area contributed by atoms with E-state index in [0.29, 0.717) is 18.3 Å². The molecule has 1 heterocycles. The molecular weight excluding hydrogens is 274 g/mol. The lowest BCUT2D eigenvalue weighted by Gasteiger charge is -2.29. The van der Waals surface area contributed by atoms with Crippen molar-refractivity contribution in [3.63, 3.8) is 0 Å². The van der Waals surface area contributed by atoms with Gasteiger partial charge in [-0.05, 0) is 46.1 Å². The first-order valence-electron chi connectivity index (χ1n) is 7.49. The molecule has 0 aromatic rings. The molecule has 0 amide bonds. The van der Waals surface area contributed by atoms with Gasteiger partial charge in [-0.3, -0.25) is 10.2 Å². The van der Waals surface area contributed by atoms with Crippen molar-refractivity contribution in [1.82, 2.24) is 10.2 Å². The van der Waals surface area contributed by atoms with Crippen LogP contribution < -0.4 is 5.32 Å². The van der Waals surface area contributed by atoms with Crippen LogP contribution >= 0.6 is 0 Å². The third-order valence-corrected chi connectivity index (χ3v) is 6.09. The monoisotopic (exact) mass is 299 g/mol. The standard InChI is InChI=1S/C14H25N3O2S/c1-12(2)16-14(11-15)5-4-13(10-14)17-6-3-8-20(18,19)9-7-17/h12-13,16H,3-10H2,1-2H3. The van der Waals surface area contributed by atoms with Crippen LogP contribution in [0.15, 0.2) is 0 Å². The third-order valence-electron chi connectivity index (χ3n) is 4.37. The zero-order valence-electron chi connectivity index (χ0n) is 12.4. The van der Waals surface area contributed by atoms with E-state index in [0.717, 1.165) is 32.2 Å². The number of hydrogen-bond donors (Lipinski definition) is 1. The van der Waals surface area contributed by atoms with Crippen LogP contribution in [0.2, 0.25) is 0 Å². The topological polar surface area (TPSA) is 73.2 Å². The molecule has 1 N–H and O–H groups in total. The first-order chi connectivity index (χ1) is 9.36. The van der Waals surface area contributed by atoms with E-state index in [1.165, 1.54) is 0 Å². The minimum atomic E-state index is -2.86. The van der Waals surface area contributed by atoms with E-state index in [2.05, 4.69) is 30.1 Å². The molecule has 1 saturated heterocycles. The van der Waals surface area contributed by atoms with Gasteiger partial charge in [0.1, 0.15) is 5.54 Å². The predicted molar refractivity (Wildman–Crippen MR) is 79.1 cm³/mol. The molecule has 5 nitrogen and oxygen atoms in total. The van der Waals surface area contributed by atoms with Gasteiger partial charge in [0.05, 0.1) is 17.6 Å². The maximum absolute atomic E-state index is 11.7. The highest BCUT2D eigenvalue weighted by molar-refractivity contribution is 7.91. The molecule has 1 aliphatic carbocycles. The minimum absolute atomic E-state index is 0.265. The largest absolute Gasteiger partial charge is 0.299 e. The van der Waals surface area contributed by atoms with Crippen LogP contribution in [0.3, 0.4) is 0 Å². The normalized spacial score (nSPS) is 34.8.